The number of aliphatic carboxylic acids is 1. The lowest BCUT2D eigenvalue weighted by atomic mass is 9.90. The van der Waals surface area contributed by atoms with Gasteiger partial charge in [-0.25, -0.2) is 0 Å². The lowest BCUT2D eigenvalue weighted by Gasteiger charge is -2.17. The average Bonchev–Trinajstić information content (AvgIpc) is 2.21. The molecule has 0 heterocycles. The zero-order chi connectivity index (χ0) is 14.2. The van der Waals surface area contributed by atoms with Crippen LogP contribution in [0.25, 0.3) is 0 Å². The number of carbonyl (C=O) groups excluding carboxylic acids is 1. The summed E-state index contributed by atoms with van der Waals surface area (Å²) in [4.78, 5) is 22.5. The van der Waals surface area contributed by atoms with Gasteiger partial charge in [-0.15, -0.1) is 0 Å². The first-order valence-corrected chi connectivity index (χ1v) is 6.75. The van der Waals surface area contributed by atoms with Crippen LogP contribution in [0.15, 0.2) is 0 Å². The first kappa shape index (κ1) is 16.9. The van der Waals surface area contributed by atoms with Crippen molar-refractivity contribution in [1.82, 2.24) is 5.32 Å². The van der Waals surface area contributed by atoms with E-state index in [2.05, 4.69) is 26.1 Å². The Balaban J connectivity index is 3.84. The summed E-state index contributed by atoms with van der Waals surface area (Å²) >= 11 is 0. The maximum absolute atomic E-state index is 11.6. The summed E-state index contributed by atoms with van der Waals surface area (Å²) in [5, 5.41) is 11.7. The smallest absolute Gasteiger partial charge is 0.308 e. The van der Waals surface area contributed by atoms with E-state index in [-0.39, 0.29) is 17.9 Å². The van der Waals surface area contributed by atoms with Crippen molar-refractivity contribution in [2.75, 3.05) is 6.54 Å². The van der Waals surface area contributed by atoms with Crippen molar-refractivity contribution in [3.8, 4) is 0 Å². The Hall–Kier alpha value is -1.06. The predicted molar refractivity (Wildman–Crippen MR) is 72.3 cm³/mol. The van der Waals surface area contributed by atoms with E-state index in [0.29, 0.717) is 12.8 Å². The van der Waals surface area contributed by atoms with Crippen LogP contribution in [0.3, 0.4) is 0 Å². The number of carboxylic acids is 1. The van der Waals surface area contributed by atoms with Crippen LogP contribution in [0.5, 0.6) is 0 Å². The van der Waals surface area contributed by atoms with Gasteiger partial charge in [0.2, 0.25) is 5.91 Å². The largest absolute Gasteiger partial charge is 0.481 e. The fourth-order valence-electron chi connectivity index (χ4n) is 1.77. The highest BCUT2D eigenvalue weighted by Crippen LogP contribution is 2.21. The number of rotatable bonds is 8. The monoisotopic (exact) mass is 257 g/mol. The molecule has 0 saturated carbocycles. The van der Waals surface area contributed by atoms with Crippen molar-refractivity contribution in [2.24, 2.45) is 11.3 Å². The molecule has 18 heavy (non-hydrogen) atoms. The highest BCUT2D eigenvalue weighted by Gasteiger charge is 2.17. The third kappa shape index (κ3) is 9.02. The predicted octanol–water partition coefficient (Wildman–Crippen LogP) is 2.82. The summed E-state index contributed by atoms with van der Waals surface area (Å²) < 4.78 is 0. The van der Waals surface area contributed by atoms with Crippen molar-refractivity contribution in [3.05, 3.63) is 0 Å². The molecule has 1 amide bonds. The topological polar surface area (TPSA) is 66.4 Å². The molecule has 0 radical (unpaired) electrons. The number of hydrogen-bond donors (Lipinski definition) is 2. The SMILES string of the molecule is CCCC(CNC(=O)CCCC(C)(C)C)C(=O)O. The molecule has 1 atom stereocenters. The van der Waals surface area contributed by atoms with Gasteiger partial charge in [0, 0.05) is 13.0 Å². The highest BCUT2D eigenvalue weighted by molar-refractivity contribution is 5.77. The Morgan fingerprint density at radius 3 is 2.33 bits per heavy atom. The molecule has 0 aliphatic heterocycles. The van der Waals surface area contributed by atoms with Crippen LogP contribution in [0.4, 0.5) is 0 Å². The summed E-state index contributed by atoms with van der Waals surface area (Å²) in [6.45, 7) is 8.63. The number of hydrogen-bond acceptors (Lipinski definition) is 2. The fourth-order valence-corrected chi connectivity index (χ4v) is 1.77. The molecule has 0 spiro atoms. The Labute approximate surface area is 110 Å². The van der Waals surface area contributed by atoms with Gasteiger partial charge in [-0.05, 0) is 24.7 Å². The molecule has 0 aliphatic rings. The molecule has 4 nitrogen and oxygen atoms in total. The first-order valence-electron chi connectivity index (χ1n) is 6.75. The van der Waals surface area contributed by atoms with E-state index < -0.39 is 11.9 Å². The van der Waals surface area contributed by atoms with Crippen molar-refractivity contribution in [2.45, 2.75) is 59.8 Å². The minimum atomic E-state index is -0.827. The van der Waals surface area contributed by atoms with Gasteiger partial charge in [-0.1, -0.05) is 34.1 Å². The van der Waals surface area contributed by atoms with Crippen LogP contribution in [-0.2, 0) is 9.59 Å². The van der Waals surface area contributed by atoms with Crippen LogP contribution < -0.4 is 5.32 Å². The standard InChI is InChI=1S/C14H27NO3/c1-5-7-11(13(17)18)10-15-12(16)8-6-9-14(2,3)4/h11H,5-10H2,1-4H3,(H,15,16)(H,17,18). The van der Waals surface area contributed by atoms with Crippen LogP contribution in [0.2, 0.25) is 0 Å². The summed E-state index contributed by atoms with van der Waals surface area (Å²) in [7, 11) is 0. The van der Waals surface area contributed by atoms with E-state index in [0.717, 1.165) is 19.3 Å². The summed E-state index contributed by atoms with van der Waals surface area (Å²) in [5.74, 6) is -1.32. The summed E-state index contributed by atoms with van der Waals surface area (Å²) in [5.41, 5.74) is 0.242. The first-order chi connectivity index (χ1) is 8.26. The van der Waals surface area contributed by atoms with Crippen molar-refractivity contribution >= 4 is 11.9 Å². The summed E-state index contributed by atoms with van der Waals surface area (Å²) in [6.07, 6.45) is 3.75. The Kier molecular flexibility index (Phi) is 7.64. The van der Waals surface area contributed by atoms with Crippen LogP contribution in [0, 0.1) is 11.3 Å². The van der Waals surface area contributed by atoms with Gasteiger partial charge in [0.1, 0.15) is 0 Å². The van der Waals surface area contributed by atoms with E-state index >= 15 is 0 Å². The lowest BCUT2D eigenvalue weighted by Crippen LogP contribution is -2.32. The minimum Gasteiger partial charge on any atom is -0.481 e. The molecule has 0 aromatic heterocycles. The molecular formula is C14H27NO3. The molecule has 0 saturated heterocycles. The normalized spacial score (nSPS) is 13.1. The molecule has 0 rings (SSSR count). The molecule has 2 N–H and O–H groups in total. The molecule has 4 heteroatoms. The quantitative estimate of drug-likeness (QED) is 0.702. The lowest BCUT2D eigenvalue weighted by molar-refractivity contribution is -0.141. The van der Waals surface area contributed by atoms with Gasteiger partial charge in [-0.2, -0.15) is 0 Å². The van der Waals surface area contributed by atoms with E-state index in [4.69, 9.17) is 5.11 Å². The minimum absolute atomic E-state index is 0.0402. The Morgan fingerprint density at radius 1 is 1.28 bits per heavy atom. The second-order valence-electron chi connectivity index (χ2n) is 6.04. The van der Waals surface area contributed by atoms with Gasteiger partial charge in [0.15, 0.2) is 0 Å². The fraction of sp³-hybridized carbons (Fsp3) is 0.857. The van der Waals surface area contributed by atoms with Gasteiger partial charge in [0.25, 0.3) is 0 Å². The molecule has 0 aliphatic carbocycles. The number of carboxylic acid groups (broad SMARTS) is 1. The van der Waals surface area contributed by atoms with E-state index in [1.807, 2.05) is 6.92 Å². The van der Waals surface area contributed by atoms with E-state index in [1.54, 1.807) is 0 Å². The molecule has 0 aromatic rings. The second-order valence-corrected chi connectivity index (χ2v) is 6.04. The molecule has 1 unspecified atom stereocenters. The summed E-state index contributed by atoms with van der Waals surface area (Å²) in [6, 6.07) is 0. The van der Waals surface area contributed by atoms with E-state index in [9.17, 15) is 9.59 Å². The zero-order valence-electron chi connectivity index (χ0n) is 12.1. The van der Waals surface area contributed by atoms with Crippen LogP contribution in [-0.4, -0.2) is 23.5 Å². The average molecular weight is 257 g/mol. The highest BCUT2D eigenvalue weighted by atomic mass is 16.4. The molecule has 0 fully saturated rings. The van der Waals surface area contributed by atoms with Crippen molar-refractivity contribution in [1.29, 1.82) is 0 Å². The van der Waals surface area contributed by atoms with Gasteiger partial charge in [-0.3, -0.25) is 9.59 Å². The van der Waals surface area contributed by atoms with Gasteiger partial charge < -0.3 is 10.4 Å². The van der Waals surface area contributed by atoms with Crippen molar-refractivity contribution < 1.29 is 14.7 Å². The third-order valence-corrected chi connectivity index (χ3v) is 2.86. The Bertz CT molecular complexity index is 269. The molecular weight excluding hydrogens is 230 g/mol. The zero-order valence-corrected chi connectivity index (χ0v) is 12.1. The maximum Gasteiger partial charge on any atom is 0.308 e. The number of carbonyl (C=O) groups is 2. The van der Waals surface area contributed by atoms with Gasteiger partial charge in [0.05, 0.1) is 5.92 Å². The maximum atomic E-state index is 11.6. The number of amides is 1. The number of nitrogens with one attached hydrogen (secondary N) is 1. The Morgan fingerprint density at radius 2 is 1.89 bits per heavy atom. The van der Waals surface area contributed by atoms with Crippen LogP contribution >= 0.6 is 0 Å². The molecule has 0 aromatic carbocycles. The molecule has 0 bridgehead atoms. The second kappa shape index (κ2) is 8.11. The van der Waals surface area contributed by atoms with Gasteiger partial charge >= 0.3 is 5.97 Å². The van der Waals surface area contributed by atoms with Crippen LogP contribution in [0.1, 0.15) is 59.8 Å². The third-order valence-electron chi connectivity index (χ3n) is 2.86. The molecule has 106 valence electrons. The van der Waals surface area contributed by atoms with Crippen molar-refractivity contribution in [3.63, 3.8) is 0 Å². The van der Waals surface area contributed by atoms with E-state index in [1.165, 1.54) is 0 Å².